The van der Waals surface area contributed by atoms with Crippen LogP contribution in [0.25, 0.3) is 0 Å². The predicted molar refractivity (Wildman–Crippen MR) is 129 cm³/mol. The van der Waals surface area contributed by atoms with Crippen LogP contribution in [0.15, 0.2) is 52.0 Å². The molecule has 4 rings (SSSR count). The van der Waals surface area contributed by atoms with Gasteiger partial charge in [-0.1, -0.05) is 6.08 Å². The van der Waals surface area contributed by atoms with Gasteiger partial charge in [-0.25, -0.2) is 0 Å². The maximum absolute atomic E-state index is 12.8. The maximum Gasteiger partial charge on any atom is 0.287 e. The molecule has 0 saturated heterocycles. The minimum atomic E-state index is -0.282. The standard InChI is InChI=1S/C28H33NO4/c1-7-9-23(24-10-8-15-31-24)29-27(30)25-12-11-20(32-25)16-22-17(2)18(3)26-21(19(22)4)13-14-28(5,6)33-26/h7-8,10-12,15,23H,1,9,13-14,16H2,2-6H3,(H,29,30). The maximum atomic E-state index is 12.8. The molecule has 0 spiro atoms. The molecule has 1 unspecified atom stereocenters. The van der Waals surface area contributed by atoms with Crippen LogP contribution in [0.5, 0.6) is 5.75 Å². The highest BCUT2D eigenvalue weighted by molar-refractivity contribution is 5.91. The van der Waals surface area contributed by atoms with E-state index in [2.05, 4.69) is 46.5 Å². The highest BCUT2D eigenvalue weighted by Gasteiger charge is 2.31. The fraction of sp³-hybridized carbons (Fsp3) is 0.393. The zero-order valence-corrected chi connectivity index (χ0v) is 20.2. The first-order valence-corrected chi connectivity index (χ1v) is 11.5. The third kappa shape index (κ3) is 4.63. The summed E-state index contributed by atoms with van der Waals surface area (Å²) in [5, 5.41) is 2.98. The van der Waals surface area contributed by atoms with Gasteiger partial charge in [-0.05, 0) is 106 Å². The van der Waals surface area contributed by atoms with Crippen LogP contribution >= 0.6 is 0 Å². The van der Waals surface area contributed by atoms with Crippen LogP contribution in [0.2, 0.25) is 0 Å². The average Bonchev–Trinajstić information content (AvgIpc) is 3.46. The van der Waals surface area contributed by atoms with Gasteiger partial charge in [0.25, 0.3) is 5.91 Å². The molecule has 3 aromatic rings. The predicted octanol–water partition coefficient (Wildman–Crippen LogP) is 6.54. The molecular formula is C28H33NO4. The Labute approximate surface area is 195 Å². The Morgan fingerprint density at radius 2 is 1.97 bits per heavy atom. The summed E-state index contributed by atoms with van der Waals surface area (Å²) in [5.74, 6) is 2.52. The van der Waals surface area contributed by atoms with Crippen LogP contribution in [0.3, 0.4) is 0 Å². The zero-order valence-electron chi connectivity index (χ0n) is 20.2. The number of hydrogen-bond acceptors (Lipinski definition) is 4. The molecular weight excluding hydrogens is 414 g/mol. The Kier molecular flexibility index (Phi) is 6.24. The lowest BCUT2D eigenvalue weighted by atomic mass is 9.84. The number of hydrogen-bond donors (Lipinski definition) is 1. The van der Waals surface area contributed by atoms with Crippen molar-refractivity contribution in [2.24, 2.45) is 0 Å². The molecule has 174 valence electrons. The van der Waals surface area contributed by atoms with Crippen molar-refractivity contribution in [2.45, 2.75) is 71.9 Å². The van der Waals surface area contributed by atoms with Gasteiger partial charge in [0.1, 0.15) is 22.9 Å². The van der Waals surface area contributed by atoms with E-state index >= 15 is 0 Å². The van der Waals surface area contributed by atoms with Gasteiger partial charge in [0.05, 0.1) is 12.3 Å². The van der Waals surface area contributed by atoms with Crippen LogP contribution in [-0.4, -0.2) is 11.5 Å². The number of ether oxygens (including phenoxy) is 1. The third-order valence-electron chi connectivity index (χ3n) is 6.72. The second-order valence-corrected chi connectivity index (χ2v) is 9.53. The lowest BCUT2D eigenvalue weighted by Crippen LogP contribution is -2.33. The van der Waals surface area contributed by atoms with Gasteiger partial charge < -0.3 is 18.9 Å². The molecule has 0 radical (unpaired) electrons. The van der Waals surface area contributed by atoms with Crippen LogP contribution in [0, 0.1) is 20.8 Å². The van der Waals surface area contributed by atoms with Gasteiger partial charge in [-0.3, -0.25) is 4.79 Å². The van der Waals surface area contributed by atoms with Crippen molar-refractivity contribution in [3.63, 3.8) is 0 Å². The molecule has 1 amide bonds. The number of carbonyl (C=O) groups is 1. The Morgan fingerprint density at radius 1 is 1.18 bits per heavy atom. The summed E-state index contributed by atoms with van der Waals surface area (Å²) in [4.78, 5) is 12.8. The quantitative estimate of drug-likeness (QED) is 0.418. The monoisotopic (exact) mass is 447 g/mol. The normalized spacial score (nSPS) is 15.4. The van der Waals surface area contributed by atoms with E-state index in [9.17, 15) is 4.79 Å². The molecule has 1 atom stereocenters. The number of benzene rings is 1. The smallest absolute Gasteiger partial charge is 0.287 e. The molecule has 1 aromatic carbocycles. The molecule has 33 heavy (non-hydrogen) atoms. The largest absolute Gasteiger partial charge is 0.487 e. The van der Waals surface area contributed by atoms with Gasteiger partial charge >= 0.3 is 0 Å². The Bertz CT molecular complexity index is 1170. The number of amides is 1. The fourth-order valence-electron chi connectivity index (χ4n) is 4.62. The lowest BCUT2D eigenvalue weighted by Gasteiger charge is -2.35. The summed E-state index contributed by atoms with van der Waals surface area (Å²) >= 11 is 0. The molecule has 1 aliphatic rings. The van der Waals surface area contributed by atoms with E-state index in [1.165, 1.54) is 27.8 Å². The summed E-state index contributed by atoms with van der Waals surface area (Å²) in [7, 11) is 0. The summed E-state index contributed by atoms with van der Waals surface area (Å²) in [6, 6.07) is 6.99. The molecule has 1 N–H and O–H groups in total. The van der Waals surface area contributed by atoms with Crippen LogP contribution in [-0.2, 0) is 12.8 Å². The second kappa shape index (κ2) is 8.97. The van der Waals surface area contributed by atoms with Crippen molar-refractivity contribution in [1.82, 2.24) is 5.32 Å². The van der Waals surface area contributed by atoms with Crippen molar-refractivity contribution >= 4 is 5.91 Å². The van der Waals surface area contributed by atoms with E-state index in [1.54, 1.807) is 24.5 Å². The van der Waals surface area contributed by atoms with E-state index in [4.69, 9.17) is 13.6 Å². The zero-order chi connectivity index (χ0) is 23.8. The molecule has 0 bridgehead atoms. The molecule has 5 heteroatoms. The van der Waals surface area contributed by atoms with Crippen molar-refractivity contribution in [1.29, 1.82) is 0 Å². The second-order valence-electron chi connectivity index (χ2n) is 9.53. The number of carbonyl (C=O) groups excluding carboxylic acids is 1. The highest BCUT2D eigenvalue weighted by Crippen LogP contribution is 2.41. The van der Waals surface area contributed by atoms with Crippen LogP contribution < -0.4 is 10.1 Å². The van der Waals surface area contributed by atoms with E-state index in [1.807, 2.05) is 12.1 Å². The molecule has 0 saturated carbocycles. The summed E-state index contributed by atoms with van der Waals surface area (Å²) < 4.78 is 17.8. The van der Waals surface area contributed by atoms with Crippen LogP contribution in [0.4, 0.5) is 0 Å². The van der Waals surface area contributed by atoms with E-state index in [0.29, 0.717) is 24.4 Å². The lowest BCUT2D eigenvalue weighted by molar-refractivity contribution is 0.0833. The molecule has 5 nitrogen and oxygen atoms in total. The summed E-state index contributed by atoms with van der Waals surface area (Å²) in [5.41, 5.74) is 6.07. The van der Waals surface area contributed by atoms with E-state index in [0.717, 1.165) is 24.4 Å². The minimum absolute atomic E-state index is 0.138. The molecule has 3 heterocycles. The first-order chi connectivity index (χ1) is 15.7. The highest BCUT2D eigenvalue weighted by atomic mass is 16.5. The molecule has 2 aromatic heterocycles. The van der Waals surface area contributed by atoms with E-state index in [-0.39, 0.29) is 17.6 Å². The molecule has 0 aliphatic carbocycles. The third-order valence-corrected chi connectivity index (χ3v) is 6.72. The Hall–Kier alpha value is -3.21. The fourth-order valence-corrected chi connectivity index (χ4v) is 4.62. The number of rotatable bonds is 7. The summed E-state index contributed by atoms with van der Waals surface area (Å²) in [6.07, 6.45) is 6.56. The van der Waals surface area contributed by atoms with Crippen molar-refractivity contribution < 1.29 is 18.4 Å². The molecule has 0 fully saturated rings. The van der Waals surface area contributed by atoms with E-state index < -0.39 is 0 Å². The van der Waals surface area contributed by atoms with Crippen molar-refractivity contribution in [3.8, 4) is 5.75 Å². The molecule has 1 aliphatic heterocycles. The Morgan fingerprint density at radius 3 is 2.67 bits per heavy atom. The van der Waals surface area contributed by atoms with Crippen LogP contribution in [0.1, 0.15) is 82.6 Å². The number of nitrogens with one attached hydrogen (secondary N) is 1. The van der Waals surface area contributed by atoms with Gasteiger partial charge in [0.2, 0.25) is 0 Å². The van der Waals surface area contributed by atoms with Gasteiger partial charge in [-0.15, -0.1) is 6.58 Å². The van der Waals surface area contributed by atoms with Gasteiger partial charge in [0, 0.05) is 6.42 Å². The van der Waals surface area contributed by atoms with Gasteiger partial charge in [-0.2, -0.15) is 0 Å². The van der Waals surface area contributed by atoms with Gasteiger partial charge in [0.15, 0.2) is 5.76 Å². The average molecular weight is 448 g/mol. The van der Waals surface area contributed by atoms with Crippen molar-refractivity contribution in [3.05, 3.63) is 88.3 Å². The van der Waals surface area contributed by atoms with Crippen molar-refractivity contribution in [2.75, 3.05) is 0 Å². The first-order valence-electron chi connectivity index (χ1n) is 11.5. The summed E-state index contributed by atoms with van der Waals surface area (Å²) in [6.45, 7) is 14.5. The number of furan rings is 2. The Balaban J connectivity index is 1.55. The number of fused-ring (bicyclic) bond motifs is 1. The minimum Gasteiger partial charge on any atom is -0.487 e. The first kappa shape index (κ1) is 23.0. The topological polar surface area (TPSA) is 64.6 Å². The SMILES string of the molecule is C=CCC(NC(=O)c1ccc(Cc2c(C)c(C)c3c(c2C)CCC(C)(C)O3)o1)c1ccco1.